The zero-order chi connectivity index (χ0) is 26.9. The van der Waals surface area contributed by atoms with Crippen molar-refractivity contribution in [3.05, 3.63) is 89.0 Å². The Morgan fingerprint density at radius 1 is 1.03 bits per heavy atom. The van der Waals surface area contributed by atoms with E-state index in [0.29, 0.717) is 33.8 Å². The fourth-order valence-electron chi connectivity index (χ4n) is 3.41. The number of amides is 1. The second-order valence-electron chi connectivity index (χ2n) is 8.32. The van der Waals surface area contributed by atoms with Gasteiger partial charge in [0.2, 0.25) is 5.13 Å². The van der Waals surface area contributed by atoms with Gasteiger partial charge in [0.1, 0.15) is 16.6 Å². The standard InChI is InChI=1S/C29H26N4O3S2/c1-19-4-9-22(10-5-19)28-32-33-29(38-28)31-27(34)23(18-30)16-21-8-13-25(26(17-21)35-3)36-14-15-37-24-11-6-20(2)7-12-24/h4-13,16-17H,14-15H2,1-3H3,(H,31,33,34)/b23-16-. The number of ether oxygens (including phenoxy) is 2. The second kappa shape index (κ2) is 12.9. The van der Waals surface area contributed by atoms with Crippen molar-refractivity contribution in [1.82, 2.24) is 10.2 Å². The van der Waals surface area contributed by atoms with Crippen molar-refractivity contribution in [3.63, 3.8) is 0 Å². The number of anilines is 1. The summed E-state index contributed by atoms with van der Waals surface area (Å²) in [5, 5.41) is 21.4. The molecular formula is C29H26N4O3S2. The largest absolute Gasteiger partial charge is 0.493 e. The van der Waals surface area contributed by atoms with E-state index >= 15 is 0 Å². The Bertz CT molecular complexity index is 1470. The Kier molecular flexibility index (Phi) is 9.14. The van der Waals surface area contributed by atoms with Gasteiger partial charge in [-0.15, -0.1) is 22.0 Å². The van der Waals surface area contributed by atoms with Gasteiger partial charge in [0, 0.05) is 16.2 Å². The van der Waals surface area contributed by atoms with Crippen molar-refractivity contribution in [2.75, 3.05) is 24.8 Å². The van der Waals surface area contributed by atoms with E-state index in [2.05, 4.69) is 46.7 Å². The molecule has 0 fully saturated rings. The topological polar surface area (TPSA) is 97.1 Å². The van der Waals surface area contributed by atoms with Crippen LogP contribution in [0, 0.1) is 25.2 Å². The Balaban J connectivity index is 1.37. The number of thioether (sulfide) groups is 1. The van der Waals surface area contributed by atoms with E-state index in [0.717, 1.165) is 16.9 Å². The summed E-state index contributed by atoms with van der Waals surface area (Å²) in [5.74, 6) is 1.33. The lowest BCUT2D eigenvalue weighted by molar-refractivity contribution is -0.112. The molecular weight excluding hydrogens is 516 g/mol. The minimum atomic E-state index is -0.563. The number of benzene rings is 3. The fraction of sp³-hybridized carbons (Fsp3) is 0.172. The first kappa shape index (κ1) is 26.9. The number of nitrogens with zero attached hydrogens (tertiary/aromatic N) is 3. The summed E-state index contributed by atoms with van der Waals surface area (Å²) in [4.78, 5) is 13.9. The van der Waals surface area contributed by atoms with E-state index in [-0.39, 0.29) is 5.57 Å². The molecule has 1 amide bonds. The summed E-state index contributed by atoms with van der Waals surface area (Å²) in [6.07, 6.45) is 1.50. The van der Waals surface area contributed by atoms with Crippen LogP contribution in [0.25, 0.3) is 16.6 Å². The number of aryl methyl sites for hydroxylation is 2. The number of hydrogen-bond donors (Lipinski definition) is 1. The summed E-state index contributed by atoms with van der Waals surface area (Å²) < 4.78 is 11.4. The molecule has 9 heteroatoms. The van der Waals surface area contributed by atoms with Crippen molar-refractivity contribution >= 4 is 40.2 Å². The van der Waals surface area contributed by atoms with E-state index in [9.17, 15) is 10.1 Å². The maximum atomic E-state index is 12.7. The van der Waals surface area contributed by atoms with Gasteiger partial charge in [-0.3, -0.25) is 10.1 Å². The molecule has 38 heavy (non-hydrogen) atoms. The van der Waals surface area contributed by atoms with Gasteiger partial charge in [0.15, 0.2) is 11.5 Å². The summed E-state index contributed by atoms with van der Waals surface area (Å²) in [7, 11) is 1.55. The van der Waals surface area contributed by atoms with Gasteiger partial charge in [-0.2, -0.15) is 5.26 Å². The average molecular weight is 543 g/mol. The summed E-state index contributed by atoms with van der Waals surface area (Å²) in [6.45, 7) is 4.58. The molecule has 1 aromatic heterocycles. The number of nitriles is 1. The van der Waals surface area contributed by atoms with E-state index < -0.39 is 5.91 Å². The molecule has 0 aliphatic rings. The zero-order valence-corrected chi connectivity index (χ0v) is 22.9. The molecule has 0 unspecified atom stereocenters. The Labute approximate surface area is 230 Å². The van der Waals surface area contributed by atoms with Crippen LogP contribution < -0.4 is 14.8 Å². The normalized spacial score (nSPS) is 11.1. The first-order valence-corrected chi connectivity index (χ1v) is 13.6. The number of aromatic nitrogens is 2. The van der Waals surface area contributed by atoms with E-state index in [4.69, 9.17) is 9.47 Å². The monoisotopic (exact) mass is 542 g/mol. The van der Waals surface area contributed by atoms with Crippen molar-refractivity contribution in [1.29, 1.82) is 5.26 Å². The van der Waals surface area contributed by atoms with Crippen LogP contribution in [0.1, 0.15) is 16.7 Å². The number of carbonyl (C=O) groups is 1. The highest BCUT2D eigenvalue weighted by atomic mass is 32.2. The molecule has 1 N–H and O–H groups in total. The van der Waals surface area contributed by atoms with Gasteiger partial charge in [0.25, 0.3) is 5.91 Å². The molecule has 0 bridgehead atoms. The SMILES string of the molecule is COc1cc(/C=C(/C#N)C(=O)Nc2nnc(-c3ccc(C)cc3)s2)ccc1OCCSc1ccc(C)cc1. The molecule has 7 nitrogen and oxygen atoms in total. The van der Waals surface area contributed by atoms with E-state index in [1.807, 2.05) is 37.3 Å². The molecule has 0 atom stereocenters. The Morgan fingerprint density at radius 3 is 2.42 bits per heavy atom. The van der Waals surface area contributed by atoms with Crippen LogP contribution in [0.4, 0.5) is 5.13 Å². The molecule has 1 heterocycles. The molecule has 0 aliphatic heterocycles. The Hall–Kier alpha value is -4.13. The van der Waals surface area contributed by atoms with Crippen molar-refractivity contribution in [3.8, 4) is 28.1 Å². The van der Waals surface area contributed by atoms with Crippen LogP contribution in [-0.4, -0.2) is 35.6 Å². The van der Waals surface area contributed by atoms with Gasteiger partial charge >= 0.3 is 0 Å². The van der Waals surface area contributed by atoms with Gasteiger partial charge in [-0.1, -0.05) is 64.9 Å². The highest BCUT2D eigenvalue weighted by Gasteiger charge is 2.14. The first-order chi connectivity index (χ1) is 18.4. The quantitative estimate of drug-likeness (QED) is 0.105. The molecule has 0 saturated heterocycles. The molecule has 3 aromatic carbocycles. The van der Waals surface area contributed by atoms with Gasteiger partial charge in [0.05, 0.1) is 13.7 Å². The van der Waals surface area contributed by atoms with Gasteiger partial charge in [-0.25, -0.2) is 0 Å². The molecule has 0 aliphatic carbocycles. The average Bonchev–Trinajstić information content (AvgIpc) is 3.39. The lowest BCUT2D eigenvalue weighted by Gasteiger charge is -2.11. The second-order valence-corrected chi connectivity index (χ2v) is 10.5. The van der Waals surface area contributed by atoms with Crippen molar-refractivity contribution in [2.24, 2.45) is 0 Å². The highest BCUT2D eigenvalue weighted by Crippen LogP contribution is 2.30. The summed E-state index contributed by atoms with van der Waals surface area (Å²) in [6, 6.07) is 23.5. The lowest BCUT2D eigenvalue weighted by atomic mass is 10.1. The predicted molar refractivity (Wildman–Crippen MR) is 153 cm³/mol. The van der Waals surface area contributed by atoms with Crippen LogP contribution in [0.3, 0.4) is 0 Å². The minimum Gasteiger partial charge on any atom is -0.493 e. The number of carbonyl (C=O) groups excluding carboxylic acids is 1. The fourth-order valence-corrected chi connectivity index (χ4v) is 4.88. The van der Waals surface area contributed by atoms with Crippen LogP contribution in [0.2, 0.25) is 0 Å². The number of rotatable bonds is 10. The van der Waals surface area contributed by atoms with Crippen molar-refractivity contribution in [2.45, 2.75) is 18.7 Å². The highest BCUT2D eigenvalue weighted by molar-refractivity contribution is 7.99. The van der Waals surface area contributed by atoms with E-state index in [1.165, 1.54) is 27.9 Å². The first-order valence-electron chi connectivity index (χ1n) is 11.8. The molecule has 0 radical (unpaired) electrons. The molecule has 0 spiro atoms. The maximum absolute atomic E-state index is 12.7. The van der Waals surface area contributed by atoms with Crippen LogP contribution in [0.15, 0.2) is 77.2 Å². The van der Waals surface area contributed by atoms with Gasteiger partial charge < -0.3 is 9.47 Å². The van der Waals surface area contributed by atoms with Crippen LogP contribution in [0.5, 0.6) is 11.5 Å². The Morgan fingerprint density at radius 2 is 1.74 bits per heavy atom. The molecule has 4 rings (SSSR count). The molecule has 4 aromatic rings. The predicted octanol–water partition coefficient (Wildman–Crippen LogP) is 6.55. The number of nitrogens with one attached hydrogen (secondary N) is 1. The zero-order valence-electron chi connectivity index (χ0n) is 21.2. The number of hydrogen-bond acceptors (Lipinski definition) is 8. The molecule has 0 saturated carbocycles. The smallest absolute Gasteiger partial charge is 0.268 e. The number of methoxy groups -OCH3 is 1. The third-order valence-corrected chi connectivity index (χ3v) is 7.30. The third-order valence-electron chi connectivity index (χ3n) is 5.44. The third kappa shape index (κ3) is 7.22. The maximum Gasteiger partial charge on any atom is 0.268 e. The van der Waals surface area contributed by atoms with E-state index in [1.54, 1.807) is 37.1 Å². The lowest BCUT2D eigenvalue weighted by Crippen LogP contribution is -2.13. The minimum absolute atomic E-state index is 0.0673. The van der Waals surface area contributed by atoms with Crippen molar-refractivity contribution < 1.29 is 14.3 Å². The summed E-state index contributed by atoms with van der Waals surface area (Å²) >= 11 is 2.96. The van der Waals surface area contributed by atoms with Crippen LogP contribution >= 0.6 is 23.1 Å². The van der Waals surface area contributed by atoms with Gasteiger partial charge in [-0.05, 0) is 49.8 Å². The van der Waals surface area contributed by atoms with Crippen LogP contribution in [-0.2, 0) is 4.79 Å². The summed E-state index contributed by atoms with van der Waals surface area (Å²) in [5.41, 5.74) is 3.85. The molecule has 192 valence electrons.